The van der Waals surface area contributed by atoms with E-state index in [4.69, 9.17) is 34.8 Å². The third kappa shape index (κ3) is 6.04. The van der Waals surface area contributed by atoms with E-state index in [1.165, 1.54) is 4.31 Å². The number of sulfonamides is 1. The number of anilines is 2. The number of nitrogens with zero attached hydrogens (tertiary/aromatic N) is 3. The van der Waals surface area contributed by atoms with E-state index in [1.54, 1.807) is 47.4 Å². The molecule has 0 spiro atoms. The zero-order chi connectivity index (χ0) is 25.2. The van der Waals surface area contributed by atoms with Crippen LogP contribution in [0, 0.1) is 0 Å². The molecule has 3 aromatic carbocycles. The minimum atomic E-state index is -3.63. The van der Waals surface area contributed by atoms with Crippen LogP contribution in [0.15, 0.2) is 66.7 Å². The van der Waals surface area contributed by atoms with Gasteiger partial charge in [-0.15, -0.1) is 0 Å². The fraction of sp³-hybridized carbons (Fsp3) is 0.240. The Kier molecular flexibility index (Phi) is 7.81. The third-order valence-electron chi connectivity index (χ3n) is 5.91. The summed E-state index contributed by atoms with van der Waals surface area (Å²) in [5.74, 6) is -0.0950. The van der Waals surface area contributed by atoms with Gasteiger partial charge in [0.15, 0.2) is 0 Å². The maximum atomic E-state index is 13.1. The SMILES string of the molecule is CS(=O)(=O)N(Cc1c(Cl)cccc1Cl)c1ccc(C(=O)N2CCN(c3cccc(Cl)c3)CC2)cc1. The third-order valence-corrected chi connectivity index (χ3v) is 7.99. The van der Waals surface area contributed by atoms with Gasteiger partial charge in [0.1, 0.15) is 0 Å². The quantitative estimate of drug-likeness (QED) is 0.401. The van der Waals surface area contributed by atoms with Crippen molar-refractivity contribution in [1.29, 1.82) is 0 Å². The van der Waals surface area contributed by atoms with Crippen molar-refractivity contribution in [2.24, 2.45) is 0 Å². The normalized spacial score (nSPS) is 14.2. The highest BCUT2D eigenvalue weighted by molar-refractivity contribution is 7.92. The Balaban J connectivity index is 1.47. The lowest BCUT2D eigenvalue weighted by atomic mass is 10.1. The molecule has 35 heavy (non-hydrogen) atoms. The molecule has 0 aliphatic carbocycles. The molecule has 1 aliphatic heterocycles. The molecule has 0 unspecified atom stereocenters. The number of rotatable bonds is 6. The van der Waals surface area contributed by atoms with Crippen molar-refractivity contribution in [3.8, 4) is 0 Å². The van der Waals surface area contributed by atoms with E-state index in [1.807, 2.05) is 24.3 Å². The number of halogens is 3. The van der Waals surface area contributed by atoms with Crippen molar-refractivity contribution in [2.45, 2.75) is 6.54 Å². The molecule has 1 fully saturated rings. The Morgan fingerprint density at radius 2 is 1.49 bits per heavy atom. The molecule has 1 heterocycles. The molecular formula is C25H24Cl3N3O3S. The summed E-state index contributed by atoms with van der Waals surface area (Å²) in [6.45, 7) is 2.53. The van der Waals surface area contributed by atoms with Crippen LogP contribution in [0.2, 0.25) is 15.1 Å². The van der Waals surface area contributed by atoms with Gasteiger partial charge in [0.05, 0.1) is 18.5 Å². The number of piperazine rings is 1. The lowest BCUT2D eigenvalue weighted by Gasteiger charge is -2.36. The summed E-state index contributed by atoms with van der Waals surface area (Å²) in [5.41, 5.74) is 2.47. The number of benzene rings is 3. The van der Waals surface area contributed by atoms with Crippen LogP contribution in [0.4, 0.5) is 11.4 Å². The molecule has 1 saturated heterocycles. The number of amides is 1. The lowest BCUT2D eigenvalue weighted by Crippen LogP contribution is -2.48. The van der Waals surface area contributed by atoms with E-state index >= 15 is 0 Å². The summed E-state index contributed by atoms with van der Waals surface area (Å²) in [6.07, 6.45) is 1.12. The molecule has 0 N–H and O–H groups in total. The van der Waals surface area contributed by atoms with Crippen LogP contribution in [0.1, 0.15) is 15.9 Å². The molecule has 3 aromatic rings. The second-order valence-electron chi connectivity index (χ2n) is 8.28. The van der Waals surface area contributed by atoms with Crippen molar-refractivity contribution in [3.05, 3.63) is 92.9 Å². The van der Waals surface area contributed by atoms with Gasteiger partial charge < -0.3 is 9.80 Å². The summed E-state index contributed by atoms with van der Waals surface area (Å²) in [5, 5.41) is 1.45. The average molecular weight is 553 g/mol. The van der Waals surface area contributed by atoms with Crippen LogP contribution in [0.25, 0.3) is 0 Å². The number of hydrogen-bond acceptors (Lipinski definition) is 4. The van der Waals surface area contributed by atoms with Crippen LogP contribution < -0.4 is 9.21 Å². The first-order chi connectivity index (χ1) is 16.6. The van der Waals surface area contributed by atoms with E-state index in [9.17, 15) is 13.2 Å². The minimum Gasteiger partial charge on any atom is -0.368 e. The average Bonchev–Trinajstić information content (AvgIpc) is 2.83. The highest BCUT2D eigenvalue weighted by atomic mass is 35.5. The van der Waals surface area contributed by atoms with Crippen LogP contribution in [0.3, 0.4) is 0 Å². The predicted octanol–water partition coefficient (Wildman–Crippen LogP) is 5.58. The Bertz CT molecular complexity index is 1310. The Labute approximate surface area is 220 Å². The molecule has 4 rings (SSSR count). The molecule has 0 atom stereocenters. The second-order valence-corrected chi connectivity index (χ2v) is 11.4. The van der Waals surface area contributed by atoms with Crippen LogP contribution >= 0.6 is 34.8 Å². The molecule has 0 aromatic heterocycles. The van der Waals surface area contributed by atoms with Crippen molar-refractivity contribution < 1.29 is 13.2 Å². The smallest absolute Gasteiger partial charge is 0.253 e. The molecule has 1 amide bonds. The van der Waals surface area contributed by atoms with Gasteiger partial charge in [0.2, 0.25) is 10.0 Å². The number of carbonyl (C=O) groups is 1. The summed E-state index contributed by atoms with van der Waals surface area (Å²) in [7, 11) is -3.63. The van der Waals surface area contributed by atoms with Crippen LogP contribution in [0.5, 0.6) is 0 Å². The molecular weight excluding hydrogens is 529 g/mol. The second kappa shape index (κ2) is 10.7. The van der Waals surface area contributed by atoms with Crippen molar-refractivity contribution in [3.63, 3.8) is 0 Å². The van der Waals surface area contributed by atoms with E-state index in [0.29, 0.717) is 58.1 Å². The first kappa shape index (κ1) is 25.6. The highest BCUT2D eigenvalue weighted by Gasteiger charge is 2.24. The van der Waals surface area contributed by atoms with E-state index < -0.39 is 10.0 Å². The minimum absolute atomic E-state index is 0.0178. The molecule has 0 radical (unpaired) electrons. The maximum Gasteiger partial charge on any atom is 0.253 e. The summed E-state index contributed by atoms with van der Waals surface area (Å²) in [4.78, 5) is 17.1. The van der Waals surface area contributed by atoms with Gasteiger partial charge in [-0.2, -0.15) is 0 Å². The molecule has 6 nitrogen and oxygen atoms in total. The molecule has 0 bridgehead atoms. The molecule has 184 valence electrons. The summed E-state index contributed by atoms with van der Waals surface area (Å²) < 4.78 is 26.3. The lowest BCUT2D eigenvalue weighted by molar-refractivity contribution is 0.0747. The van der Waals surface area contributed by atoms with Crippen LogP contribution in [-0.2, 0) is 16.6 Å². The topological polar surface area (TPSA) is 60.9 Å². The fourth-order valence-electron chi connectivity index (χ4n) is 4.02. The van der Waals surface area contributed by atoms with Crippen molar-refractivity contribution in [2.75, 3.05) is 41.6 Å². The van der Waals surface area contributed by atoms with Crippen molar-refractivity contribution >= 4 is 62.1 Å². The van der Waals surface area contributed by atoms with E-state index in [2.05, 4.69) is 4.90 Å². The maximum absolute atomic E-state index is 13.1. The predicted molar refractivity (Wildman–Crippen MR) is 143 cm³/mol. The molecule has 1 aliphatic rings. The highest BCUT2D eigenvalue weighted by Crippen LogP contribution is 2.29. The van der Waals surface area contributed by atoms with Gasteiger partial charge in [0, 0.05) is 58.1 Å². The molecule has 0 saturated carbocycles. The van der Waals surface area contributed by atoms with Crippen LogP contribution in [-0.4, -0.2) is 51.7 Å². The van der Waals surface area contributed by atoms with Gasteiger partial charge in [-0.3, -0.25) is 9.10 Å². The van der Waals surface area contributed by atoms with Gasteiger partial charge in [-0.1, -0.05) is 46.9 Å². The Hall–Kier alpha value is -2.45. The van der Waals surface area contributed by atoms with E-state index in [0.717, 1.165) is 11.9 Å². The van der Waals surface area contributed by atoms with Crippen molar-refractivity contribution in [1.82, 2.24) is 4.90 Å². The first-order valence-electron chi connectivity index (χ1n) is 10.9. The van der Waals surface area contributed by atoms with E-state index in [-0.39, 0.29) is 12.5 Å². The zero-order valence-corrected chi connectivity index (χ0v) is 22.1. The van der Waals surface area contributed by atoms with Gasteiger partial charge in [-0.05, 0) is 54.6 Å². The number of hydrogen-bond donors (Lipinski definition) is 0. The zero-order valence-electron chi connectivity index (χ0n) is 19.0. The largest absolute Gasteiger partial charge is 0.368 e. The number of carbonyl (C=O) groups excluding carboxylic acids is 1. The Morgan fingerprint density at radius 3 is 2.06 bits per heavy atom. The van der Waals surface area contributed by atoms with Gasteiger partial charge in [0.25, 0.3) is 5.91 Å². The summed E-state index contributed by atoms with van der Waals surface area (Å²) >= 11 is 18.6. The molecule has 10 heteroatoms. The van der Waals surface area contributed by atoms with Gasteiger partial charge >= 0.3 is 0 Å². The first-order valence-corrected chi connectivity index (χ1v) is 13.9. The summed E-state index contributed by atoms with van der Waals surface area (Å²) in [6, 6.07) is 19.2. The fourth-order valence-corrected chi connectivity index (χ4v) is 5.59. The monoisotopic (exact) mass is 551 g/mol. The Morgan fingerprint density at radius 1 is 0.886 bits per heavy atom. The standard InChI is InChI=1S/C25H24Cl3N3O3S/c1-35(33,34)31(17-22-23(27)6-3-7-24(22)28)20-10-8-18(9-11-20)25(32)30-14-12-29(13-15-30)21-5-2-4-19(26)16-21/h2-11,16H,12-15,17H2,1H3. The van der Waals surface area contributed by atoms with Gasteiger partial charge in [-0.25, -0.2) is 8.42 Å².